The summed E-state index contributed by atoms with van der Waals surface area (Å²) in [7, 11) is 0. The molecule has 0 saturated heterocycles. The minimum atomic E-state index is -0.348. The summed E-state index contributed by atoms with van der Waals surface area (Å²) in [6.45, 7) is 14.6. The van der Waals surface area contributed by atoms with Crippen molar-refractivity contribution in [1.29, 1.82) is 0 Å². The molecule has 0 aliphatic rings. The lowest BCUT2D eigenvalue weighted by molar-refractivity contribution is 0.0488. The van der Waals surface area contributed by atoms with Gasteiger partial charge < -0.3 is 9.47 Å². The Kier molecular flexibility index (Phi) is 47.0. The van der Waals surface area contributed by atoms with Crippen LogP contribution >= 0.6 is 77.2 Å². The molecule has 0 amide bonds. The normalized spacial score (nSPS) is 12.5. The number of ether oxygens (including phenoxy) is 2. The molecule has 6 nitrogen and oxygen atoms in total. The number of nitrogens with zero attached hydrogens (tertiary/aromatic N) is 2. The van der Waals surface area contributed by atoms with Gasteiger partial charge in [-0.3, -0.25) is 0 Å². The summed E-state index contributed by atoms with van der Waals surface area (Å²) in [6, 6.07) is 4.85. The van der Waals surface area contributed by atoms with Gasteiger partial charge >= 0.3 is 11.9 Å². The van der Waals surface area contributed by atoms with Crippen LogP contribution in [0.4, 0.5) is 0 Å². The zero-order valence-corrected chi connectivity index (χ0v) is 67.3. The van der Waals surface area contributed by atoms with Crippen molar-refractivity contribution in [2.45, 2.75) is 388 Å². The Labute approximate surface area is 608 Å². The molecule has 0 radical (unpaired) electrons. The van der Waals surface area contributed by atoms with Crippen molar-refractivity contribution in [3.8, 4) is 20.9 Å². The Morgan fingerprint density at radius 1 is 0.340 bits per heavy atom. The average molecular weight is 1500 g/mol. The van der Waals surface area contributed by atoms with Gasteiger partial charge in [-0.05, 0) is 92.6 Å². The van der Waals surface area contributed by atoms with Gasteiger partial charge in [0, 0.05) is 20.9 Å². The topological polar surface area (TPSA) is 78.4 Å². The Morgan fingerprint density at radius 2 is 0.574 bits per heavy atom. The first kappa shape index (κ1) is 83.0. The zero-order valence-electron chi connectivity index (χ0n) is 60.8. The van der Waals surface area contributed by atoms with E-state index < -0.39 is 0 Å². The summed E-state index contributed by atoms with van der Waals surface area (Å²) in [6.07, 6.45) is 68.9. The van der Waals surface area contributed by atoms with Crippen LogP contribution in [-0.2, 0) is 22.3 Å². The molecule has 0 spiro atoms. The van der Waals surface area contributed by atoms with Gasteiger partial charge in [-0.25, -0.2) is 19.6 Å². The number of thiazole rings is 2. The SMILES string of the molecule is CCCCCCCCCCCCOC(=O)c1nc2c(-c3cc(CC(CCCCCCCC)CCCCCCCCCC)c(Br)s3)c3sc(C(=O)OCCCCCCCCCCCC)nc3c(-c3cc(CC(CCCCCCCC)CCCCCCCCCC)c(Br)s3)c2s1. The Bertz CT molecular complexity index is 2490. The van der Waals surface area contributed by atoms with Gasteiger partial charge in [0.25, 0.3) is 0 Å². The van der Waals surface area contributed by atoms with Crippen LogP contribution in [-0.4, -0.2) is 35.1 Å². The van der Waals surface area contributed by atoms with Gasteiger partial charge in [-0.2, -0.15) is 0 Å². The molecule has 5 aromatic rings. The van der Waals surface area contributed by atoms with Crippen molar-refractivity contribution in [1.82, 2.24) is 9.97 Å². The Morgan fingerprint density at radius 3 is 0.830 bits per heavy atom. The van der Waals surface area contributed by atoms with Gasteiger partial charge in [-0.15, -0.1) is 45.3 Å². The molecule has 4 aromatic heterocycles. The monoisotopic (exact) mass is 1500 g/mol. The molecule has 0 bridgehead atoms. The number of esters is 2. The predicted octanol–water partition coefficient (Wildman–Crippen LogP) is 30.9. The largest absolute Gasteiger partial charge is 0.460 e. The number of halogens is 2. The third kappa shape index (κ3) is 32.7. The van der Waals surface area contributed by atoms with Gasteiger partial charge in [-0.1, -0.05) is 363 Å². The lowest BCUT2D eigenvalue weighted by atomic mass is 9.89. The minimum absolute atomic E-state index is 0.348. The summed E-state index contributed by atoms with van der Waals surface area (Å²) >= 11 is 14.8. The van der Waals surface area contributed by atoms with E-state index in [9.17, 15) is 9.59 Å². The predicted molar refractivity (Wildman–Crippen MR) is 424 cm³/mol. The molecule has 0 fully saturated rings. The molecule has 2 unspecified atom stereocenters. The molecule has 2 atom stereocenters. The van der Waals surface area contributed by atoms with Crippen LogP contribution in [0.25, 0.3) is 41.3 Å². The van der Waals surface area contributed by atoms with Crippen molar-refractivity contribution >= 4 is 110 Å². The van der Waals surface area contributed by atoms with Crippen LogP contribution in [0, 0.1) is 11.8 Å². The number of fused-ring (bicyclic) bond motifs is 2. The second-order valence-corrected chi connectivity index (χ2v) is 35.1. The summed E-state index contributed by atoms with van der Waals surface area (Å²) in [5.41, 5.74) is 6.24. The van der Waals surface area contributed by atoms with Gasteiger partial charge in [0.05, 0.1) is 41.2 Å². The second-order valence-electron chi connectivity index (χ2n) is 28.4. The number of hydrogen-bond acceptors (Lipinski definition) is 10. The van der Waals surface area contributed by atoms with Gasteiger partial charge in [0.15, 0.2) is 0 Å². The highest BCUT2D eigenvalue weighted by Gasteiger charge is 2.30. The minimum Gasteiger partial charge on any atom is -0.460 e. The second kappa shape index (κ2) is 53.2. The van der Waals surface area contributed by atoms with Crippen LogP contribution in [0.5, 0.6) is 0 Å². The van der Waals surface area contributed by atoms with Crippen molar-refractivity contribution in [2.24, 2.45) is 11.8 Å². The summed E-state index contributed by atoms with van der Waals surface area (Å²) < 4.78 is 16.5. The van der Waals surface area contributed by atoms with E-state index in [4.69, 9.17) is 19.4 Å². The fourth-order valence-corrected chi connectivity index (χ4v) is 19.7. The first-order chi connectivity index (χ1) is 46.2. The van der Waals surface area contributed by atoms with Crippen molar-refractivity contribution in [2.75, 3.05) is 13.2 Å². The molecule has 0 saturated carbocycles. The maximum Gasteiger partial charge on any atom is 0.367 e. The smallest absolute Gasteiger partial charge is 0.367 e. The molecule has 94 heavy (non-hydrogen) atoms. The number of aromatic nitrogens is 2. The average Bonchev–Trinajstić information content (AvgIpc) is 1.55. The van der Waals surface area contributed by atoms with E-state index in [2.05, 4.69) is 85.5 Å². The van der Waals surface area contributed by atoms with Crippen LogP contribution in [0.1, 0.15) is 406 Å². The highest BCUT2D eigenvalue weighted by molar-refractivity contribution is 9.11. The third-order valence-corrected chi connectivity index (χ3v) is 25.9. The number of rotatable bonds is 62. The zero-order chi connectivity index (χ0) is 67.1. The number of thiophene rings is 2. The van der Waals surface area contributed by atoms with E-state index in [0.717, 1.165) is 87.4 Å². The number of unbranched alkanes of at least 4 members (excludes halogenated alkanes) is 42. The highest BCUT2D eigenvalue weighted by atomic mass is 79.9. The van der Waals surface area contributed by atoms with E-state index >= 15 is 0 Å². The molecule has 0 aliphatic heterocycles. The van der Waals surface area contributed by atoms with Crippen molar-refractivity contribution in [3.63, 3.8) is 0 Å². The maximum atomic E-state index is 14.5. The van der Waals surface area contributed by atoms with Crippen molar-refractivity contribution in [3.05, 3.63) is 40.8 Å². The molecular weight excluding hydrogens is 1360 g/mol. The first-order valence-electron chi connectivity index (χ1n) is 39.9. The number of hydrogen-bond donors (Lipinski definition) is 0. The maximum absolute atomic E-state index is 14.5. The van der Waals surface area contributed by atoms with Crippen LogP contribution < -0.4 is 0 Å². The fourth-order valence-electron chi connectivity index (χ4n) is 14.0. The molecule has 0 aliphatic carbocycles. The molecule has 5 rings (SSSR count). The van der Waals surface area contributed by atoms with E-state index in [1.807, 2.05) is 0 Å². The lowest BCUT2D eigenvalue weighted by Gasteiger charge is -2.17. The molecule has 0 N–H and O–H groups in total. The van der Waals surface area contributed by atoms with E-state index in [-0.39, 0.29) is 11.9 Å². The Balaban J connectivity index is 1.55. The molecular formula is C82H134Br2N2O4S4. The number of benzene rings is 1. The van der Waals surface area contributed by atoms with Crippen LogP contribution in [0.3, 0.4) is 0 Å². The summed E-state index contributed by atoms with van der Waals surface area (Å²) in [5.74, 6) is 0.529. The molecule has 12 heteroatoms. The van der Waals surface area contributed by atoms with Crippen molar-refractivity contribution < 1.29 is 19.1 Å². The third-order valence-electron chi connectivity index (χ3n) is 19.9. The number of carbonyl (C=O) groups excluding carboxylic acids is 2. The number of carbonyl (C=O) groups is 2. The molecule has 534 valence electrons. The van der Waals surface area contributed by atoms with Gasteiger partial charge in [0.1, 0.15) is 0 Å². The van der Waals surface area contributed by atoms with Crippen LogP contribution in [0.15, 0.2) is 19.7 Å². The van der Waals surface area contributed by atoms with E-state index in [1.54, 1.807) is 22.7 Å². The van der Waals surface area contributed by atoms with Gasteiger partial charge in [0.2, 0.25) is 10.0 Å². The lowest BCUT2D eigenvalue weighted by Crippen LogP contribution is -2.06. The Hall–Kier alpha value is -1.70. The molecule has 4 heterocycles. The van der Waals surface area contributed by atoms with E-state index in [1.165, 1.54) is 342 Å². The first-order valence-corrected chi connectivity index (χ1v) is 44.7. The van der Waals surface area contributed by atoms with E-state index in [0.29, 0.717) is 35.1 Å². The molecule has 1 aromatic carbocycles. The fraction of sp³-hybridized carbons (Fsp3) is 0.780. The highest BCUT2D eigenvalue weighted by Crippen LogP contribution is 2.52. The van der Waals surface area contributed by atoms with Crippen LogP contribution in [0.2, 0.25) is 0 Å². The summed E-state index contributed by atoms with van der Waals surface area (Å²) in [4.78, 5) is 42.0. The summed E-state index contributed by atoms with van der Waals surface area (Å²) in [5, 5.41) is 0.776. The quantitative estimate of drug-likeness (QED) is 0.0285. The standard InChI is InChI=1S/C82H134Br2N2O4S4/c1-7-13-19-25-31-35-37-41-47-53-59-89-81(87)79-85-73-71(69-63-67(77(83)91-69)61-65(55-49-43-29-23-17-11-5)57-51-45-39-33-27-21-15-9-3)76-74(86-80(94-76)82(88)90-60-54-48-42-38-36-32-26-20-14-8-2)72(75(73)93-79)70-64-68(78(84)92-70)62-66(56-50-44-30-24-18-12-6)58-52-46-40-34-28-22-16-10-4/h63-66H,7-62H2,1-6H3.